The van der Waals surface area contributed by atoms with Gasteiger partial charge >= 0.3 is 0 Å². The number of anilines is 1. The van der Waals surface area contributed by atoms with Crippen molar-refractivity contribution in [3.05, 3.63) is 47.0 Å². The summed E-state index contributed by atoms with van der Waals surface area (Å²) in [6.07, 6.45) is 2.39. The number of methoxy groups -OCH3 is 3. The first-order valence-electron chi connectivity index (χ1n) is 9.89. The number of rotatable bonds is 10. The number of allylic oxidation sites excluding steroid dienone is 1. The molecule has 0 aliphatic rings. The third-order valence-electron chi connectivity index (χ3n) is 4.72. The maximum absolute atomic E-state index is 13.3. The standard InChI is InChI=1S/C24H31NO5/c1-8-16(12-18-13-19(27-5)15-22(28-6)24(18)29-7)23(26)17-10-11-21(30-9-2)20(14-17)25(3)4/h10-15H,8-9H2,1-7H3. The van der Waals surface area contributed by atoms with Crippen molar-refractivity contribution in [2.75, 3.05) is 46.9 Å². The van der Waals surface area contributed by atoms with Gasteiger partial charge in [0.25, 0.3) is 0 Å². The van der Waals surface area contributed by atoms with E-state index in [2.05, 4.69) is 0 Å². The predicted octanol–water partition coefficient (Wildman–Crippen LogP) is 4.85. The number of carbonyl (C=O) groups is 1. The van der Waals surface area contributed by atoms with Gasteiger partial charge in [0.1, 0.15) is 11.5 Å². The van der Waals surface area contributed by atoms with Gasteiger partial charge < -0.3 is 23.8 Å². The Balaban J connectivity index is 2.53. The summed E-state index contributed by atoms with van der Waals surface area (Å²) < 4.78 is 22.0. The molecule has 6 heteroatoms. The lowest BCUT2D eigenvalue weighted by Crippen LogP contribution is -2.12. The van der Waals surface area contributed by atoms with Gasteiger partial charge in [-0.3, -0.25) is 4.79 Å². The Bertz CT molecular complexity index is 918. The fourth-order valence-electron chi connectivity index (χ4n) is 3.18. The third kappa shape index (κ3) is 5.06. The monoisotopic (exact) mass is 413 g/mol. The Hall–Kier alpha value is -3.15. The van der Waals surface area contributed by atoms with Crippen molar-refractivity contribution in [2.45, 2.75) is 20.3 Å². The minimum atomic E-state index is -0.0486. The van der Waals surface area contributed by atoms with Crippen molar-refractivity contribution in [1.29, 1.82) is 0 Å². The van der Waals surface area contributed by atoms with Gasteiger partial charge in [0.15, 0.2) is 17.3 Å². The molecule has 0 saturated heterocycles. The van der Waals surface area contributed by atoms with Crippen LogP contribution in [0.2, 0.25) is 0 Å². The molecule has 0 amide bonds. The second-order valence-corrected chi connectivity index (χ2v) is 6.81. The van der Waals surface area contributed by atoms with Crippen molar-refractivity contribution in [1.82, 2.24) is 0 Å². The van der Waals surface area contributed by atoms with E-state index >= 15 is 0 Å². The van der Waals surface area contributed by atoms with Crippen LogP contribution in [0.4, 0.5) is 5.69 Å². The van der Waals surface area contributed by atoms with Gasteiger partial charge in [0, 0.05) is 36.9 Å². The Labute approximate surface area is 179 Å². The minimum absolute atomic E-state index is 0.0486. The zero-order valence-corrected chi connectivity index (χ0v) is 18.9. The highest BCUT2D eigenvalue weighted by molar-refractivity contribution is 6.12. The van der Waals surface area contributed by atoms with E-state index in [-0.39, 0.29) is 5.78 Å². The smallest absolute Gasteiger partial charge is 0.189 e. The van der Waals surface area contributed by atoms with Gasteiger partial charge in [-0.2, -0.15) is 0 Å². The van der Waals surface area contributed by atoms with E-state index in [1.165, 1.54) is 0 Å². The molecular formula is C24H31NO5. The fraction of sp³-hybridized carbons (Fsp3) is 0.375. The first-order valence-corrected chi connectivity index (χ1v) is 9.89. The molecule has 2 rings (SSSR count). The summed E-state index contributed by atoms with van der Waals surface area (Å²) in [5, 5.41) is 0. The molecule has 2 aromatic rings. The Morgan fingerprint density at radius 3 is 2.23 bits per heavy atom. The van der Waals surface area contributed by atoms with E-state index in [1.54, 1.807) is 33.5 Å². The summed E-state index contributed by atoms with van der Waals surface area (Å²) in [5.41, 5.74) is 2.83. The predicted molar refractivity (Wildman–Crippen MR) is 121 cm³/mol. The number of hydrogen-bond acceptors (Lipinski definition) is 6. The lowest BCUT2D eigenvalue weighted by molar-refractivity contribution is 0.103. The van der Waals surface area contributed by atoms with Crippen LogP contribution in [0.25, 0.3) is 6.08 Å². The van der Waals surface area contributed by atoms with Crippen molar-refractivity contribution in [2.24, 2.45) is 0 Å². The molecule has 0 unspecified atom stereocenters. The summed E-state index contributed by atoms with van der Waals surface area (Å²) in [6.45, 7) is 4.45. The molecule has 0 saturated carbocycles. The molecule has 0 spiro atoms. The molecule has 0 radical (unpaired) electrons. The van der Waals surface area contributed by atoms with Crippen LogP contribution in [-0.2, 0) is 0 Å². The average molecular weight is 414 g/mol. The van der Waals surface area contributed by atoms with Gasteiger partial charge in [-0.15, -0.1) is 0 Å². The van der Waals surface area contributed by atoms with Crippen molar-refractivity contribution in [3.63, 3.8) is 0 Å². The number of Topliss-reactive ketones (excluding diaryl/α,β-unsaturated/α-hetero) is 1. The molecular weight excluding hydrogens is 382 g/mol. The van der Waals surface area contributed by atoms with E-state index < -0.39 is 0 Å². The zero-order chi connectivity index (χ0) is 22.3. The molecule has 0 atom stereocenters. The van der Waals surface area contributed by atoms with Crippen LogP contribution in [0.1, 0.15) is 36.2 Å². The van der Waals surface area contributed by atoms with Crippen molar-refractivity contribution >= 4 is 17.5 Å². The minimum Gasteiger partial charge on any atom is -0.497 e. The summed E-state index contributed by atoms with van der Waals surface area (Å²) in [5.74, 6) is 2.42. The highest BCUT2D eigenvalue weighted by Gasteiger charge is 2.17. The van der Waals surface area contributed by atoms with Gasteiger partial charge in [-0.05, 0) is 43.7 Å². The molecule has 0 aromatic heterocycles. The largest absolute Gasteiger partial charge is 0.497 e. The maximum Gasteiger partial charge on any atom is 0.189 e. The molecule has 2 aromatic carbocycles. The number of ether oxygens (including phenoxy) is 4. The summed E-state index contributed by atoms with van der Waals surface area (Å²) in [7, 11) is 8.58. The molecule has 6 nitrogen and oxygen atoms in total. The molecule has 0 bridgehead atoms. The van der Waals surface area contributed by atoms with Gasteiger partial charge in [0.2, 0.25) is 0 Å². The van der Waals surface area contributed by atoms with Crippen LogP contribution in [0.3, 0.4) is 0 Å². The number of hydrogen-bond donors (Lipinski definition) is 0. The van der Waals surface area contributed by atoms with E-state index in [4.69, 9.17) is 18.9 Å². The second kappa shape index (κ2) is 10.6. The van der Waals surface area contributed by atoms with Crippen LogP contribution in [0.5, 0.6) is 23.0 Å². The average Bonchev–Trinajstić information content (AvgIpc) is 2.76. The maximum atomic E-state index is 13.3. The highest BCUT2D eigenvalue weighted by atomic mass is 16.5. The number of ketones is 1. The Kier molecular flexibility index (Phi) is 8.16. The second-order valence-electron chi connectivity index (χ2n) is 6.81. The first kappa shape index (κ1) is 23.1. The molecule has 0 N–H and O–H groups in total. The number of benzene rings is 2. The van der Waals surface area contributed by atoms with Crippen LogP contribution in [-0.4, -0.2) is 47.8 Å². The van der Waals surface area contributed by atoms with Gasteiger partial charge in [-0.1, -0.05) is 6.92 Å². The normalized spacial score (nSPS) is 11.1. The van der Waals surface area contributed by atoms with E-state index in [0.29, 0.717) is 41.4 Å². The molecule has 0 aliphatic heterocycles. The Morgan fingerprint density at radius 2 is 1.70 bits per heavy atom. The van der Waals surface area contributed by atoms with Crippen LogP contribution >= 0.6 is 0 Å². The van der Waals surface area contributed by atoms with Gasteiger partial charge in [-0.25, -0.2) is 0 Å². The number of nitrogens with zero attached hydrogens (tertiary/aromatic N) is 1. The molecule has 30 heavy (non-hydrogen) atoms. The SMILES string of the molecule is CCOc1ccc(C(=O)C(=Cc2cc(OC)cc(OC)c2OC)CC)cc1N(C)C. The van der Waals surface area contributed by atoms with E-state index in [9.17, 15) is 4.79 Å². The van der Waals surface area contributed by atoms with Crippen molar-refractivity contribution < 1.29 is 23.7 Å². The first-order chi connectivity index (χ1) is 14.4. The highest BCUT2D eigenvalue weighted by Crippen LogP contribution is 2.37. The zero-order valence-electron chi connectivity index (χ0n) is 18.9. The Morgan fingerprint density at radius 1 is 0.967 bits per heavy atom. The summed E-state index contributed by atoms with van der Waals surface area (Å²) in [6, 6.07) is 9.08. The summed E-state index contributed by atoms with van der Waals surface area (Å²) in [4.78, 5) is 15.2. The third-order valence-corrected chi connectivity index (χ3v) is 4.72. The lowest BCUT2D eigenvalue weighted by atomic mass is 9.97. The topological polar surface area (TPSA) is 57.2 Å². The number of carbonyl (C=O) groups excluding carboxylic acids is 1. The summed E-state index contributed by atoms with van der Waals surface area (Å²) >= 11 is 0. The van der Waals surface area contributed by atoms with E-state index in [1.807, 2.05) is 57.1 Å². The molecule has 0 heterocycles. The lowest BCUT2D eigenvalue weighted by Gasteiger charge is -2.18. The van der Waals surface area contributed by atoms with E-state index in [0.717, 1.165) is 17.0 Å². The molecule has 0 aliphatic carbocycles. The van der Waals surface area contributed by atoms with Crippen LogP contribution in [0, 0.1) is 0 Å². The molecule has 162 valence electrons. The molecule has 0 fully saturated rings. The van der Waals surface area contributed by atoms with Gasteiger partial charge in [0.05, 0.1) is 33.6 Å². The van der Waals surface area contributed by atoms with Crippen LogP contribution < -0.4 is 23.8 Å². The van der Waals surface area contributed by atoms with Crippen molar-refractivity contribution in [3.8, 4) is 23.0 Å². The van der Waals surface area contributed by atoms with Crippen LogP contribution in [0.15, 0.2) is 35.9 Å². The quantitative estimate of drug-likeness (QED) is 0.410. The fourth-order valence-corrected chi connectivity index (χ4v) is 3.18.